The number of fused-ring (bicyclic) bond motifs is 1. The number of thioether (sulfide) groups is 1. The molecule has 1 heterocycles. The predicted octanol–water partition coefficient (Wildman–Crippen LogP) is 5.28. The van der Waals surface area contributed by atoms with Gasteiger partial charge in [-0.05, 0) is 48.4 Å². The van der Waals surface area contributed by atoms with Crippen molar-refractivity contribution < 1.29 is 0 Å². The van der Waals surface area contributed by atoms with E-state index in [1.165, 1.54) is 33.8 Å². The lowest BCUT2D eigenvalue weighted by Gasteiger charge is -2.26. The minimum atomic E-state index is 0.526. The number of rotatable bonds is 1. The van der Waals surface area contributed by atoms with Gasteiger partial charge in [-0.1, -0.05) is 41.4 Å². The molecule has 0 bridgehead atoms. The SMILES string of the molecule is Cc1ccc2c(c1)C(c1ccc(Cl)cc1)CCS2. The van der Waals surface area contributed by atoms with Crippen LogP contribution in [0.1, 0.15) is 29.0 Å². The number of halogens is 1. The smallest absolute Gasteiger partial charge is 0.0406 e. The maximum absolute atomic E-state index is 5.97. The molecule has 2 aromatic carbocycles. The summed E-state index contributed by atoms with van der Waals surface area (Å²) in [6, 6.07) is 15.1. The van der Waals surface area contributed by atoms with E-state index in [9.17, 15) is 0 Å². The molecule has 0 spiro atoms. The first-order valence-corrected chi connectivity index (χ1v) is 7.59. The van der Waals surface area contributed by atoms with Crippen LogP contribution in [0, 0.1) is 6.92 Å². The van der Waals surface area contributed by atoms with Gasteiger partial charge in [-0.2, -0.15) is 0 Å². The monoisotopic (exact) mass is 274 g/mol. The summed E-state index contributed by atoms with van der Waals surface area (Å²) < 4.78 is 0. The predicted molar refractivity (Wildman–Crippen MR) is 79.8 cm³/mol. The molecule has 0 saturated heterocycles. The summed E-state index contributed by atoms with van der Waals surface area (Å²) in [5, 5.41) is 0.813. The Morgan fingerprint density at radius 1 is 1.11 bits per heavy atom. The van der Waals surface area contributed by atoms with Gasteiger partial charge in [0, 0.05) is 15.8 Å². The molecular weight excluding hydrogens is 260 g/mol. The Morgan fingerprint density at radius 3 is 2.67 bits per heavy atom. The molecule has 0 fully saturated rings. The summed E-state index contributed by atoms with van der Waals surface area (Å²) in [4.78, 5) is 1.44. The van der Waals surface area contributed by atoms with Crippen LogP contribution in [-0.2, 0) is 0 Å². The topological polar surface area (TPSA) is 0 Å². The van der Waals surface area contributed by atoms with Crippen molar-refractivity contribution in [3.63, 3.8) is 0 Å². The molecule has 0 radical (unpaired) electrons. The second-order valence-electron chi connectivity index (χ2n) is 4.78. The molecule has 1 unspecified atom stereocenters. The highest BCUT2D eigenvalue weighted by Gasteiger charge is 2.22. The van der Waals surface area contributed by atoms with Gasteiger partial charge in [0.15, 0.2) is 0 Å². The van der Waals surface area contributed by atoms with Gasteiger partial charge >= 0.3 is 0 Å². The Labute approximate surface area is 117 Å². The van der Waals surface area contributed by atoms with Gasteiger partial charge < -0.3 is 0 Å². The summed E-state index contributed by atoms with van der Waals surface area (Å²) in [6.07, 6.45) is 1.21. The Bertz CT molecular complexity index is 560. The van der Waals surface area contributed by atoms with Crippen molar-refractivity contribution in [2.75, 3.05) is 5.75 Å². The number of benzene rings is 2. The summed E-state index contributed by atoms with van der Waals surface area (Å²) >= 11 is 7.94. The van der Waals surface area contributed by atoms with Crippen LogP contribution in [-0.4, -0.2) is 5.75 Å². The molecule has 18 heavy (non-hydrogen) atoms. The molecule has 1 atom stereocenters. The lowest BCUT2D eigenvalue weighted by molar-refractivity contribution is 0.754. The molecule has 0 nitrogen and oxygen atoms in total. The van der Waals surface area contributed by atoms with Crippen molar-refractivity contribution in [2.24, 2.45) is 0 Å². The van der Waals surface area contributed by atoms with Crippen LogP contribution in [0.15, 0.2) is 47.4 Å². The van der Waals surface area contributed by atoms with Crippen LogP contribution in [0.5, 0.6) is 0 Å². The molecule has 0 N–H and O–H groups in total. The van der Waals surface area contributed by atoms with E-state index >= 15 is 0 Å². The van der Waals surface area contributed by atoms with Crippen molar-refractivity contribution in [2.45, 2.75) is 24.2 Å². The Kier molecular flexibility index (Phi) is 3.36. The summed E-state index contributed by atoms with van der Waals surface area (Å²) in [5.41, 5.74) is 4.20. The maximum atomic E-state index is 5.97. The highest BCUT2D eigenvalue weighted by atomic mass is 35.5. The average molecular weight is 275 g/mol. The summed E-state index contributed by atoms with van der Waals surface area (Å²) in [7, 11) is 0. The highest BCUT2D eigenvalue weighted by Crippen LogP contribution is 2.41. The molecule has 2 aromatic rings. The second kappa shape index (κ2) is 4.99. The average Bonchev–Trinajstić information content (AvgIpc) is 2.39. The van der Waals surface area contributed by atoms with E-state index in [1.54, 1.807) is 0 Å². The third-order valence-electron chi connectivity index (χ3n) is 3.48. The summed E-state index contributed by atoms with van der Waals surface area (Å²) in [6.45, 7) is 2.17. The van der Waals surface area contributed by atoms with E-state index in [0.717, 1.165) is 5.02 Å². The fourth-order valence-electron chi connectivity index (χ4n) is 2.56. The van der Waals surface area contributed by atoms with Gasteiger partial charge in [0.2, 0.25) is 0 Å². The molecule has 92 valence electrons. The molecule has 0 amide bonds. The van der Waals surface area contributed by atoms with Crippen LogP contribution in [0.2, 0.25) is 5.02 Å². The molecule has 2 heteroatoms. The lowest BCUT2D eigenvalue weighted by Crippen LogP contribution is -2.09. The van der Waals surface area contributed by atoms with Crippen molar-refractivity contribution in [1.29, 1.82) is 0 Å². The van der Waals surface area contributed by atoms with Crippen LogP contribution < -0.4 is 0 Å². The van der Waals surface area contributed by atoms with Crippen LogP contribution in [0.3, 0.4) is 0 Å². The molecular formula is C16H15ClS. The highest BCUT2D eigenvalue weighted by molar-refractivity contribution is 7.99. The standard InChI is InChI=1S/C16H15ClS/c1-11-2-7-16-15(10-11)14(8-9-18-16)12-3-5-13(17)6-4-12/h2-7,10,14H,8-9H2,1H3. The van der Waals surface area contributed by atoms with Crippen LogP contribution in [0.4, 0.5) is 0 Å². The van der Waals surface area contributed by atoms with Crippen molar-refractivity contribution in [1.82, 2.24) is 0 Å². The van der Waals surface area contributed by atoms with E-state index in [-0.39, 0.29) is 0 Å². The van der Waals surface area contributed by atoms with Gasteiger partial charge in [-0.25, -0.2) is 0 Å². The first kappa shape index (κ1) is 12.1. The van der Waals surface area contributed by atoms with E-state index < -0.39 is 0 Å². The van der Waals surface area contributed by atoms with E-state index in [0.29, 0.717) is 5.92 Å². The van der Waals surface area contributed by atoms with Crippen LogP contribution >= 0.6 is 23.4 Å². The van der Waals surface area contributed by atoms with E-state index in [4.69, 9.17) is 11.6 Å². The molecule has 0 saturated carbocycles. The second-order valence-corrected chi connectivity index (χ2v) is 6.36. The molecule has 1 aliphatic heterocycles. The fourth-order valence-corrected chi connectivity index (χ4v) is 3.79. The van der Waals surface area contributed by atoms with Gasteiger partial charge in [-0.15, -0.1) is 11.8 Å². The first-order valence-electron chi connectivity index (χ1n) is 6.23. The fraction of sp³-hybridized carbons (Fsp3) is 0.250. The largest absolute Gasteiger partial charge is 0.126 e. The molecule has 1 aliphatic rings. The summed E-state index contributed by atoms with van der Waals surface area (Å²) in [5.74, 6) is 1.72. The van der Waals surface area contributed by atoms with Gasteiger partial charge in [-0.3, -0.25) is 0 Å². The minimum Gasteiger partial charge on any atom is -0.126 e. The lowest BCUT2D eigenvalue weighted by atomic mass is 9.88. The van der Waals surface area contributed by atoms with E-state index in [1.807, 2.05) is 23.9 Å². The third-order valence-corrected chi connectivity index (χ3v) is 4.85. The Morgan fingerprint density at radius 2 is 1.89 bits per heavy atom. The Hall–Kier alpha value is -0.920. The zero-order valence-corrected chi connectivity index (χ0v) is 11.9. The number of hydrogen-bond acceptors (Lipinski definition) is 1. The number of hydrogen-bond donors (Lipinski definition) is 0. The molecule has 3 rings (SSSR count). The van der Waals surface area contributed by atoms with Crippen molar-refractivity contribution in [3.8, 4) is 0 Å². The van der Waals surface area contributed by atoms with Gasteiger partial charge in [0.25, 0.3) is 0 Å². The van der Waals surface area contributed by atoms with Gasteiger partial charge in [0.1, 0.15) is 0 Å². The minimum absolute atomic E-state index is 0.526. The normalized spacial score (nSPS) is 18.4. The van der Waals surface area contributed by atoms with Gasteiger partial charge in [0.05, 0.1) is 0 Å². The van der Waals surface area contributed by atoms with Crippen molar-refractivity contribution in [3.05, 3.63) is 64.2 Å². The molecule has 0 aliphatic carbocycles. The molecule has 0 aromatic heterocycles. The van der Waals surface area contributed by atoms with E-state index in [2.05, 4.69) is 37.3 Å². The number of aryl methyl sites for hydroxylation is 1. The van der Waals surface area contributed by atoms with Crippen LogP contribution in [0.25, 0.3) is 0 Å². The Balaban J connectivity index is 2.05. The zero-order chi connectivity index (χ0) is 12.5. The third kappa shape index (κ3) is 2.30. The maximum Gasteiger partial charge on any atom is 0.0406 e. The van der Waals surface area contributed by atoms with Crippen molar-refractivity contribution >= 4 is 23.4 Å². The zero-order valence-electron chi connectivity index (χ0n) is 10.3. The first-order chi connectivity index (χ1) is 8.74. The quantitative estimate of drug-likeness (QED) is 0.682.